The summed E-state index contributed by atoms with van der Waals surface area (Å²) in [5, 5.41) is 3.55. The number of hydrogen-bond acceptors (Lipinski definition) is 2. The molecule has 1 fully saturated rings. The van der Waals surface area contributed by atoms with Gasteiger partial charge in [0.25, 0.3) is 0 Å². The lowest BCUT2D eigenvalue weighted by Gasteiger charge is -2.23. The molecular formula is C13H27NO. The van der Waals surface area contributed by atoms with Crippen molar-refractivity contribution in [3.63, 3.8) is 0 Å². The zero-order chi connectivity index (χ0) is 10.8. The summed E-state index contributed by atoms with van der Waals surface area (Å²) in [7, 11) is 0. The molecule has 1 unspecified atom stereocenters. The molecule has 1 aliphatic heterocycles. The smallest absolute Gasteiger partial charge is 0.0480 e. The molecule has 1 heterocycles. The molecule has 2 nitrogen and oxygen atoms in total. The molecule has 1 aliphatic rings. The molecule has 1 saturated heterocycles. The second-order valence-corrected chi connectivity index (χ2v) is 4.61. The fourth-order valence-corrected chi connectivity index (χ4v) is 2.13. The van der Waals surface area contributed by atoms with Gasteiger partial charge in [0.15, 0.2) is 0 Å². The maximum absolute atomic E-state index is 5.64. The summed E-state index contributed by atoms with van der Waals surface area (Å²) < 4.78 is 5.64. The number of rotatable bonds is 8. The number of ether oxygens (including phenoxy) is 1. The maximum atomic E-state index is 5.64. The van der Waals surface area contributed by atoms with Crippen molar-refractivity contribution in [3.05, 3.63) is 0 Å². The highest BCUT2D eigenvalue weighted by molar-refractivity contribution is 4.71. The van der Waals surface area contributed by atoms with Gasteiger partial charge in [-0.15, -0.1) is 0 Å². The van der Waals surface area contributed by atoms with Crippen molar-refractivity contribution in [3.8, 4) is 0 Å². The molecule has 0 spiro atoms. The fraction of sp³-hybridized carbons (Fsp3) is 1.00. The SMILES string of the molecule is CCCCCCOCCC1CCCCN1. The highest BCUT2D eigenvalue weighted by atomic mass is 16.5. The van der Waals surface area contributed by atoms with Crippen molar-refractivity contribution < 1.29 is 4.74 Å². The van der Waals surface area contributed by atoms with Crippen LogP contribution in [0.3, 0.4) is 0 Å². The topological polar surface area (TPSA) is 21.3 Å². The predicted octanol–water partition coefficient (Wildman–Crippen LogP) is 3.12. The van der Waals surface area contributed by atoms with Gasteiger partial charge in [0, 0.05) is 19.3 Å². The van der Waals surface area contributed by atoms with Gasteiger partial charge in [-0.1, -0.05) is 32.6 Å². The average molecular weight is 213 g/mol. The van der Waals surface area contributed by atoms with E-state index in [1.165, 1.54) is 57.9 Å². The Morgan fingerprint density at radius 3 is 2.80 bits per heavy atom. The lowest BCUT2D eigenvalue weighted by Crippen LogP contribution is -2.34. The molecule has 0 aromatic carbocycles. The molecule has 1 rings (SSSR count). The molecule has 2 heteroatoms. The first-order valence-corrected chi connectivity index (χ1v) is 6.74. The normalized spacial score (nSPS) is 21.8. The largest absolute Gasteiger partial charge is 0.381 e. The van der Waals surface area contributed by atoms with Crippen LogP contribution in [-0.4, -0.2) is 25.8 Å². The molecule has 0 aliphatic carbocycles. The van der Waals surface area contributed by atoms with Gasteiger partial charge in [0.05, 0.1) is 0 Å². The van der Waals surface area contributed by atoms with Crippen LogP contribution >= 0.6 is 0 Å². The van der Waals surface area contributed by atoms with Crippen molar-refractivity contribution in [1.29, 1.82) is 0 Å². The first kappa shape index (κ1) is 13.0. The Hall–Kier alpha value is -0.0800. The second-order valence-electron chi connectivity index (χ2n) is 4.61. The standard InChI is InChI=1S/C13H27NO/c1-2-3-4-7-11-15-12-9-13-8-5-6-10-14-13/h13-14H,2-12H2,1H3. The van der Waals surface area contributed by atoms with E-state index in [4.69, 9.17) is 4.74 Å². The Kier molecular flexibility index (Phi) is 7.94. The lowest BCUT2D eigenvalue weighted by atomic mass is 10.0. The quantitative estimate of drug-likeness (QED) is 0.626. The van der Waals surface area contributed by atoms with E-state index in [9.17, 15) is 0 Å². The van der Waals surface area contributed by atoms with Crippen LogP contribution in [0.5, 0.6) is 0 Å². The third-order valence-electron chi connectivity index (χ3n) is 3.17. The minimum absolute atomic E-state index is 0.731. The van der Waals surface area contributed by atoms with E-state index in [0.29, 0.717) is 0 Å². The third kappa shape index (κ3) is 6.91. The van der Waals surface area contributed by atoms with Crippen molar-refractivity contribution in [2.24, 2.45) is 0 Å². The Bertz CT molecular complexity index is 132. The maximum Gasteiger partial charge on any atom is 0.0480 e. The predicted molar refractivity (Wildman–Crippen MR) is 65.2 cm³/mol. The van der Waals surface area contributed by atoms with Gasteiger partial charge >= 0.3 is 0 Å². The van der Waals surface area contributed by atoms with Crippen LogP contribution in [0.15, 0.2) is 0 Å². The van der Waals surface area contributed by atoms with Crippen LogP contribution in [0.25, 0.3) is 0 Å². The average Bonchev–Trinajstić information content (AvgIpc) is 2.29. The van der Waals surface area contributed by atoms with Gasteiger partial charge < -0.3 is 10.1 Å². The summed E-state index contributed by atoms with van der Waals surface area (Å²) in [6.45, 7) is 5.37. The molecule has 0 saturated carbocycles. The van der Waals surface area contributed by atoms with Crippen LogP contribution < -0.4 is 5.32 Å². The van der Waals surface area contributed by atoms with Gasteiger partial charge in [-0.05, 0) is 32.2 Å². The van der Waals surface area contributed by atoms with Crippen molar-refractivity contribution in [1.82, 2.24) is 5.32 Å². The van der Waals surface area contributed by atoms with E-state index < -0.39 is 0 Å². The molecule has 1 atom stereocenters. The first-order chi connectivity index (χ1) is 7.43. The molecule has 15 heavy (non-hydrogen) atoms. The van der Waals surface area contributed by atoms with E-state index in [1.807, 2.05) is 0 Å². The second kappa shape index (κ2) is 9.17. The summed E-state index contributed by atoms with van der Waals surface area (Å²) in [4.78, 5) is 0. The monoisotopic (exact) mass is 213 g/mol. The Morgan fingerprint density at radius 1 is 1.13 bits per heavy atom. The Morgan fingerprint density at radius 2 is 2.07 bits per heavy atom. The lowest BCUT2D eigenvalue weighted by molar-refractivity contribution is 0.117. The summed E-state index contributed by atoms with van der Waals surface area (Å²) in [6.07, 6.45) is 10.5. The molecule has 0 aromatic heterocycles. The first-order valence-electron chi connectivity index (χ1n) is 6.74. The molecule has 90 valence electrons. The van der Waals surface area contributed by atoms with E-state index in [1.54, 1.807) is 0 Å². The summed E-state index contributed by atoms with van der Waals surface area (Å²) in [6, 6.07) is 0.731. The van der Waals surface area contributed by atoms with Crippen LogP contribution in [0.1, 0.15) is 58.3 Å². The third-order valence-corrected chi connectivity index (χ3v) is 3.17. The Labute approximate surface area is 94.8 Å². The zero-order valence-electron chi connectivity index (χ0n) is 10.3. The highest BCUT2D eigenvalue weighted by Crippen LogP contribution is 2.10. The van der Waals surface area contributed by atoms with E-state index >= 15 is 0 Å². The van der Waals surface area contributed by atoms with Gasteiger partial charge in [-0.3, -0.25) is 0 Å². The van der Waals surface area contributed by atoms with E-state index in [-0.39, 0.29) is 0 Å². The zero-order valence-corrected chi connectivity index (χ0v) is 10.3. The van der Waals surface area contributed by atoms with Gasteiger partial charge in [-0.2, -0.15) is 0 Å². The molecule has 0 aromatic rings. The number of piperidine rings is 1. The van der Waals surface area contributed by atoms with E-state index in [0.717, 1.165) is 19.3 Å². The van der Waals surface area contributed by atoms with Crippen LogP contribution in [-0.2, 0) is 4.74 Å². The van der Waals surface area contributed by atoms with Crippen LogP contribution in [0.2, 0.25) is 0 Å². The van der Waals surface area contributed by atoms with E-state index in [2.05, 4.69) is 12.2 Å². The van der Waals surface area contributed by atoms with Crippen molar-refractivity contribution in [2.45, 2.75) is 64.3 Å². The highest BCUT2D eigenvalue weighted by Gasteiger charge is 2.11. The summed E-state index contributed by atoms with van der Waals surface area (Å²) >= 11 is 0. The molecule has 0 amide bonds. The summed E-state index contributed by atoms with van der Waals surface area (Å²) in [5.41, 5.74) is 0. The molecule has 1 N–H and O–H groups in total. The molecule has 0 radical (unpaired) electrons. The van der Waals surface area contributed by atoms with Gasteiger partial charge in [0.1, 0.15) is 0 Å². The van der Waals surface area contributed by atoms with Gasteiger partial charge in [0.2, 0.25) is 0 Å². The summed E-state index contributed by atoms with van der Waals surface area (Å²) in [5.74, 6) is 0. The minimum atomic E-state index is 0.731. The Balaban J connectivity index is 1.79. The molecular weight excluding hydrogens is 186 g/mol. The van der Waals surface area contributed by atoms with Crippen LogP contribution in [0.4, 0.5) is 0 Å². The fourth-order valence-electron chi connectivity index (χ4n) is 2.13. The van der Waals surface area contributed by atoms with Gasteiger partial charge in [-0.25, -0.2) is 0 Å². The molecule has 0 bridgehead atoms. The number of unbranched alkanes of at least 4 members (excludes halogenated alkanes) is 3. The number of nitrogens with one attached hydrogen (secondary N) is 1. The van der Waals surface area contributed by atoms with Crippen LogP contribution in [0, 0.1) is 0 Å². The number of hydrogen-bond donors (Lipinski definition) is 1. The van der Waals surface area contributed by atoms with Crippen molar-refractivity contribution in [2.75, 3.05) is 19.8 Å². The van der Waals surface area contributed by atoms with Crippen molar-refractivity contribution >= 4 is 0 Å². The minimum Gasteiger partial charge on any atom is -0.381 e.